The fraction of sp³-hybridized carbons (Fsp3) is 0.316. The molecule has 0 atom stereocenters. The van der Waals surface area contributed by atoms with E-state index in [-0.39, 0.29) is 17.3 Å². The lowest BCUT2D eigenvalue weighted by Gasteiger charge is -2.36. The van der Waals surface area contributed by atoms with Gasteiger partial charge in [-0.2, -0.15) is 0 Å². The quantitative estimate of drug-likeness (QED) is 0.580. The Bertz CT molecular complexity index is 833. The molecule has 8 heteroatoms. The van der Waals surface area contributed by atoms with Gasteiger partial charge in [0, 0.05) is 49.0 Å². The molecule has 2 aromatic rings. The van der Waals surface area contributed by atoms with Crippen LogP contribution in [0.4, 0.5) is 11.4 Å². The van der Waals surface area contributed by atoms with Gasteiger partial charge in [0.1, 0.15) is 0 Å². The largest absolute Gasteiger partial charge is 0.490 e. The molecule has 1 heterocycles. The molecule has 1 aliphatic rings. The van der Waals surface area contributed by atoms with Crippen molar-refractivity contribution in [2.24, 2.45) is 0 Å². The monoisotopic (exact) mass is 389 g/mol. The first-order chi connectivity index (χ1) is 13.0. The Kier molecular flexibility index (Phi) is 5.81. The van der Waals surface area contributed by atoms with Crippen LogP contribution in [0.2, 0.25) is 5.02 Å². The molecule has 27 heavy (non-hydrogen) atoms. The molecule has 0 unspecified atom stereocenters. The van der Waals surface area contributed by atoms with Gasteiger partial charge >= 0.3 is 5.69 Å². The fourth-order valence-corrected chi connectivity index (χ4v) is 3.24. The lowest BCUT2D eigenvalue weighted by molar-refractivity contribution is -0.385. The maximum atomic E-state index is 12.5. The van der Waals surface area contributed by atoms with E-state index in [1.54, 1.807) is 24.3 Å². The fourth-order valence-electron chi connectivity index (χ4n) is 3.12. The van der Waals surface area contributed by atoms with Crippen molar-refractivity contribution >= 4 is 28.9 Å². The maximum Gasteiger partial charge on any atom is 0.311 e. The number of nitro groups is 1. The van der Waals surface area contributed by atoms with Gasteiger partial charge in [-0.05, 0) is 23.8 Å². The van der Waals surface area contributed by atoms with Gasteiger partial charge in [-0.3, -0.25) is 14.9 Å². The highest BCUT2D eigenvalue weighted by Crippen LogP contribution is 2.31. The van der Waals surface area contributed by atoms with Gasteiger partial charge < -0.3 is 14.5 Å². The summed E-state index contributed by atoms with van der Waals surface area (Å²) in [6.45, 7) is 2.53. The van der Waals surface area contributed by atoms with Gasteiger partial charge in [-0.15, -0.1) is 0 Å². The molecule has 1 fully saturated rings. The van der Waals surface area contributed by atoms with E-state index < -0.39 is 4.92 Å². The van der Waals surface area contributed by atoms with Crippen LogP contribution in [-0.4, -0.2) is 49.0 Å². The number of benzene rings is 2. The molecular weight excluding hydrogens is 370 g/mol. The predicted molar refractivity (Wildman–Crippen MR) is 104 cm³/mol. The van der Waals surface area contributed by atoms with Gasteiger partial charge in [0.2, 0.25) is 5.91 Å². The lowest BCUT2D eigenvalue weighted by atomic mass is 10.1. The number of ether oxygens (including phenoxy) is 1. The highest BCUT2D eigenvalue weighted by atomic mass is 35.5. The van der Waals surface area contributed by atoms with Crippen LogP contribution in [0, 0.1) is 10.1 Å². The van der Waals surface area contributed by atoms with Crippen molar-refractivity contribution in [2.45, 2.75) is 6.42 Å². The highest BCUT2D eigenvalue weighted by Gasteiger charge is 2.23. The smallest absolute Gasteiger partial charge is 0.311 e. The van der Waals surface area contributed by atoms with Crippen LogP contribution in [0.15, 0.2) is 42.5 Å². The van der Waals surface area contributed by atoms with Crippen molar-refractivity contribution in [2.75, 3.05) is 38.2 Å². The second-order valence-corrected chi connectivity index (χ2v) is 6.72. The van der Waals surface area contributed by atoms with Gasteiger partial charge in [0.15, 0.2) is 5.75 Å². The molecule has 0 radical (unpaired) electrons. The minimum Gasteiger partial charge on any atom is -0.490 e. The van der Waals surface area contributed by atoms with Crippen molar-refractivity contribution in [3.8, 4) is 5.75 Å². The van der Waals surface area contributed by atoms with Gasteiger partial charge in [-0.1, -0.05) is 23.7 Å². The van der Waals surface area contributed by atoms with Crippen LogP contribution in [0.1, 0.15) is 5.56 Å². The number of carbonyl (C=O) groups excluding carboxylic acids is 1. The van der Waals surface area contributed by atoms with Crippen LogP contribution in [0.3, 0.4) is 0 Å². The molecule has 0 spiro atoms. The molecule has 1 amide bonds. The molecule has 0 aliphatic carbocycles. The summed E-state index contributed by atoms with van der Waals surface area (Å²) in [5.74, 6) is 0.317. The van der Waals surface area contributed by atoms with Crippen LogP contribution in [0.5, 0.6) is 5.75 Å². The Morgan fingerprint density at radius 1 is 1.15 bits per heavy atom. The number of methoxy groups -OCH3 is 1. The van der Waals surface area contributed by atoms with Crippen LogP contribution < -0.4 is 9.64 Å². The molecule has 1 aliphatic heterocycles. The van der Waals surface area contributed by atoms with E-state index in [0.717, 1.165) is 11.3 Å². The van der Waals surface area contributed by atoms with Gasteiger partial charge in [-0.25, -0.2) is 0 Å². The first-order valence-corrected chi connectivity index (χ1v) is 8.95. The van der Waals surface area contributed by atoms with Crippen molar-refractivity contribution in [1.29, 1.82) is 0 Å². The molecule has 1 saturated heterocycles. The van der Waals surface area contributed by atoms with E-state index in [1.165, 1.54) is 13.2 Å². The van der Waals surface area contributed by atoms with E-state index in [2.05, 4.69) is 4.90 Å². The third-order valence-corrected chi connectivity index (χ3v) is 4.88. The predicted octanol–water partition coefficient (Wildman–Crippen LogP) is 3.15. The second kappa shape index (κ2) is 8.26. The second-order valence-electron chi connectivity index (χ2n) is 6.28. The number of nitro benzene ring substituents is 1. The summed E-state index contributed by atoms with van der Waals surface area (Å²) < 4.78 is 5.13. The topological polar surface area (TPSA) is 75.9 Å². The normalized spacial score (nSPS) is 14.1. The Balaban J connectivity index is 1.60. The summed E-state index contributed by atoms with van der Waals surface area (Å²) in [5, 5.41) is 11.7. The Labute approximate surface area is 162 Å². The molecule has 3 rings (SSSR count). The third kappa shape index (κ3) is 4.49. The molecule has 2 aromatic carbocycles. The number of hydrogen-bond donors (Lipinski definition) is 0. The Morgan fingerprint density at radius 2 is 1.81 bits per heavy atom. The first-order valence-electron chi connectivity index (χ1n) is 8.57. The number of hydrogen-bond acceptors (Lipinski definition) is 5. The summed E-state index contributed by atoms with van der Waals surface area (Å²) in [6.07, 6.45) is 0.350. The molecule has 0 bridgehead atoms. The summed E-state index contributed by atoms with van der Waals surface area (Å²) in [5.41, 5.74) is 1.73. The van der Waals surface area contributed by atoms with E-state index in [4.69, 9.17) is 16.3 Å². The summed E-state index contributed by atoms with van der Waals surface area (Å²) in [7, 11) is 1.42. The molecule has 0 aromatic heterocycles. The van der Waals surface area contributed by atoms with E-state index >= 15 is 0 Å². The zero-order valence-electron chi connectivity index (χ0n) is 14.9. The first kappa shape index (κ1) is 19.0. The van der Waals surface area contributed by atoms with Crippen molar-refractivity contribution in [1.82, 2.24) is 4.90 Å². The van der Waals surface area contributed by atoms with Crippen molar-refractivity contribution < 1.29 is 14.5 Å². The summed E-state index contributed by atoms with van der Waals surface area (Å²) >= 11 is 5.87. The number of carbonyl (C=O) groups is 1. The maximum absolute atomic E-state index is 12.5. The Hall–Kier alpha value is -2.80. The number of nitrogens with zero attached hydrogens (tertiary/aromatic N) is 3. The molecular formula is C19H20ClN3O4. The van der Waals surface area contributed by atoms with Crippen molar-refractivity contribution in [3.05, 3.63) is 63.2 Å². The number of rotatable bonds is 5. The van der Waals surface area contributed by atoms with E-state index in [0.29, 0.717) is 37.6 Å². The van der Waals surface area contributed by atoms with Gasteiger partial charge in [0.25, 0.3) is 0 Å². The molecule has 0 saturated carbocycles. The summed E-state index contributed by atoms with van der Waals surface area (Å²) in [6, 6.07) is 12.1. The number of halogens is 1. The van der Waals surface area contributed by atoms with Gasteiger partial charge in [0.05, 0.1) is 18.5 Å². The van der Waals surface area contributed by atoms with Crippen LogP contribution in [0.25, 0.3) is 0 Å². The molecule has 0 N–H and O–H groups in total. The number of amides is 1. The minimum atomic E-state index is -0.462. The van der Waals surface area contributed by atoms with Crippen LogP contribution in [-0.2, 0) is 11.2 Å². The SMILES string of the molecule is COc1cc(N2CCN(C(=O)Cc3ccc(Cl)cc3)CC2)ccc1[N+](=O)[O-]. The average molecular weight is 390 g/mol. The minimum absolute atomic E-state index is 0.0574. The summed E-state index contributed by atoms with van der Waals surface area (Å²) in [4.78, 5) is 27.0. The molecule has 142 valence electrons. The van der Waals surface area contributed by atoms with Crippen molar-refractivity contribution in [3.63, 3.8) is 0 Å². The number of piperazine rings is 1. The molecule has 7 nitrogen and oxygen atoms in total. The highest BCUT2D eigenvalue weighted by molar-refractivity contribution is 6.30. The zero-order chi connectivity index (χ0) is 19.4. The standard InChI is InChI=1S/C19H20ClN3O4/c1-27-18-13-16(6-7-17(18)23(25)26)21-8-10-22(11-9-21)19(24)12-14-2-4-15(20)5-3-14/h2-7,13H,8-12H2,1H3. The zero-order valence-corrected chi connectivity index (χ0v) is 15.7. The lowest BCUT2D eigenvalue weighted by Crippen LogP contribution is -2.49. The number of anilines is 1. The van der Waals surface area contributed by atoms with Crippen LogP contribution >= 0.6 is 11.6 Å². The third-order valence-electron chi connectivity index (χ3n) is 4.63. The van der Waals surface area contributed by atoms with E-state index in [9.17, 15) is 14.9 Å². The Morgan fingerprint density at radius 3 is 2.41 bits per heavy atom. The average Bonchev–Trinajstić information content (AvgIpc) is 2.69. The van der Waals surface area contributed by atoms with E-state index in [1.807, 2.05) is 17.0 Å².